The molecule has 19 heavy (non-hydrogen) atoms. The Morgan fingerprint density at radius 3 is 2.37 bits per heavy atom. The second kappa shape index (κ2) is 6.70. The third-order valence-electron chi connectivity index (χ3n) is 3.11. The molecule has 0 fully saturated rings. The van der Waals surface area contributed by atoms with Crippen molar-refractivity contribution in [3.8, 4) is 0 Å². The summed E-state index contributed by atoms with van der Waals surface area (Å²) in [5.41, 5.74) is 6.89. The molecular formula is C14H27N5. The van der Waals surface area contributed by atoms with Crippen molar-refractivity contribution in [1.82, 2.24) is 14.9 Å². The molecule has 1 heterocycles. The molecule has 0 aliphatic heterocycles. The number of aromatic nitrogens is 2. The average Bonchev–Trinajstić information content (AvgIpc) is 2.31. The van der Waals surface area contributed by atoms with Crippen LogP contribution in [-0.2, 0) is 0 Å². The standard InChI is InChI=1S/C14H27N5/c1-9(2)13-17-12(15)11(4)14(18-13)16-10(3)7-8-19(5)6/h9-10H,7-8H2,1-6H3,(H3,15,16,17,18). The molecule has 1 aromatic heterocycles. The first-order valence-corrected chi connectivity index (χ1v) is 6.86. The molecule has 0 aliphatic rings. The lowest BCUT2D eigenvalue weighted by Gasteiger charge is -2.19. The van der Waals surface area contributed by atoms with Crippen molar-refractivity contribution in [2.45, 2.75) is 46.1 Å². The molecule has 1 aromatic rings. The lowest BCUT2D eigenvalue weighted by Crippen LogP contribution is -2.24. The normalized spacial score (nSPS) is 13.1. The van der Waals surface area contributed by atoms with Gasteiger partial charge in [-0.1, -0.05) is 13.8 Å². The molecule has 1 atom stereocenters. The van der Waals surface area contributed by atoms with Crippen LogP contribution in [0.3, 0.4) is 0 Å². The van der Waals surface area contributed by atoms with E-state index in [2.05, 4.69) is 55.1 Å². The third-order valence-corrected chi connectivity index (χ3v) is 3.11. The predicted molar refractivity (Wildman–Crippen MR) is 81.5 cm³/mol. The van der Waals surface area contributed by atoms with Crippen molar-refractivity contribution in [3.63, 3.8) is 0 Å². The molecule has 0 bridgehead atoms. The molecule has 3 N–H and O–H groups in total. The first-order valence-electron chi connectivity index (χ1n) is 6.86. The van der Waals surface area contributed by atoms with E-state index in [0.717, 1.165) is 30.2 Å². The van der Waals surface area contributed by atoms with Crippen molar-refractivity contribution in [3.05, 3.63) is 11.4 Å². The van der Waals surface area contributed by atoms with Crippen LogP contribution >= 0.6 is 0 Å². The van der Waals surface area contributed by atoms with Crippen molar-refractivity contribution < 1.29 is 0 Å². The number of nitrogens with zero attached hydrogens (tertiary/aromatic N) is 3. The number of anilines is 2. The Morgan fingerprint density at radius 1 is 1.21 bits per heavy atom. The van der Waals surface area contributed by atoms with Crippen LogP contribution in [0.1, 0.15) is 44.5 Å². The van der Waals surface area contributed by atoms with Crippen LogP contribution in [0.15, 0.2) is 0 Å². The second-order valence-electron chi connectivity index (χ2n) is 5.73. The van der Waals surface area contributed by atoms with Crippen molar-refractivity contribution in [2.24, 2.45) is 0 Å². The highest BCUT2D eigenvalue weighted by molar-refractivity contribution is 5.55. The first kappa shape index (κ1) is 15.7. The fraction of sp³-hybridized carbons (Fsp3) is 0.714. The lowest BCUT2D eigenvalue weighted by molar-refractivity contribution is 0.390. The van der Waals surface area contributed by atoms with Crippen LogP contribution in [0.2, 0.25) is 0 Å². The number of nitrogens with two attached hydrogens (primary N) is 1. The number of nitrogen functional groups attached to an aromatic ring is 1. The maximum absolute atomic E-state index is 5.96. The van der Waals surface area contributed by atoms with Crippen LogP contribution in [0, 0.1) is 6.92 Å². The maximum atomic E-state index is 5.96. The summed E-state index contributed by atoms with van der Waals surface area (Å²) in [7, 11) is 4.16. The smallest absolute Gasteiger partial charge is 0.135 e. The van der Waals surface area contributed by atoms with Gasteiger partial charge in [0.1, 0.15) is 17.5 Å². The SMILES string of the molecule is Cc1c(N)nc(C(C)C)nc1NC(C)CCN(C)C. The van der Waals surface area contributed by atoms with E-state index in [1.54, 1.807) is 0 Å². The Bertz CT molecular complexity index is 415. The zero-order valence-electron chi connectivity index (χ0n) is 13.0. The summed E-state index contributed by atoms with van der Waals surface area (Å²) in [5.74, 6) is 2.51. The highest BCUT2D eigenvalue weighted by Crippen LogP contribution is 2.21. The molecular weight excluding hydrogens is 238 g/mol. The van der Waals surface area contributed by atoms with Crippen LogP contribution in [0.25, 0.3) is 0 Å². The van der Waals surface area contributed by atoms with Crippen LogP contribution in [0.5, 0.6) is 0 Å². The molecule has 0 saturated carbocycles. The van der Waals surface area contributed by atoms with Gasteiger partial charge in [-0.05, 0) is 40.9 Å². The van der Waals surface area contributed by atoms with Gasteiger partial charge in [-0.2, -0.15) is 0 Å². The second-order valence-corrected chi connectivity index (χ2v) is 5.73. The first-order chi connectivity index (χ1) is 8.81. The van der Waals surface area contributed by atoms with E-state index < -0.39 is 0 Å². The van der Waals surface area contributed by atoms with Gasteiger partial charge in [-0.15, -0.1) is 0 Å². The monoisotopic (exact) mass is 265 g/mol. The maximum Gasteiger partial charge on any atom is 0.135 e. The van der Waals surface area contributed by atoms with Crippen LogP contribution < -0.4 is 11.1 Å². The fourth-order valence-corrected chi connectivity index (χ4v) is 1.71. The number of hydrogen-bond donors (Lipinski definition) is 2. The van der Waals surface area contributed by atoms with Crippen molar-refractivity contribution in [2.75, 3.05) is 31.7 Å². The highest BCUT2D eigenvalue weighted by Gasteiger charge is 2.13. The van der Waals surface area contributed by atoms with Gasteiger partial charge in [-0.3, -0.25) is 0 Å². The highest BCUT2D eigenvalue weighted by atomic mass is 15.1. The van der Waals surface area contributed by atoms with E-state index in [4.69, 9.17) is 5.73 Å². The molecule has 0 radical (unpaired) electrons. The third kappa shape index (κ3) is 4.67. The van der Waals surface area contributed by atoms with Crippen LogP contribution in [0.4, 0.5) is 11.6 Å². The Labute approximate surface area is 116 Å². The van der Waals surface area contributed by atoms with Gasteiger partial charge in [0.2, 0.25) is 0 Å². The molecule has 5 nitrogen and oxygen atoms in total. The lowest BCUT2D eigenvalue weighted by atomic mass is 10.2. The van der Waals surface area contributed by atoms with E-state index in [0.29, 0.717) is 11.9 Å². The molecule has 0 amide bonds. The average molecular weight is 265 g/mol. The summed E-state index contributed by atoms with van der Waals surface area (Å²) < 4.78 is 0. The van der Waals surface area contributed by atoms with Crippen LogP contribution in [-0.4, -0.2) is 41.5 Å². The summed E-state index contributed by atoms with van der Waals surface area (Å²) in [6.45, 7) is 9.31. The summed E-state index contributed by atoms with van der Waals surface area (Å²) >= 11 is 0. The quantitative estimate of drug-likeness (QED) is 0.825. The largest absolute Gasteiger partial charge is 0.383 e. The van der Waals surface area contributed by atoms with Gasteiger partial charge in [0.05, 0.1) is 0 Å². The Balaban J connectivity index is 2.82. The molecule has 0 aliphatic carbocycles. The molecule has 108 valence electrons. The molecule has 1 unspecified atom stereocenters. The molecule has 0 spiro atoms. The number of nitrogens with one attached hydrogen (secondary N) is 1. The van der Waals surface area contributed by atoms with Gasteiger partial charge in [-0.25, -0.2) is 9.97 Å². The summed E-state index contributed by atoms with van der Waals surface area (Å²) in [4.78, 5) is 11.1. The van der Waals surface area contributed by atoms with E-state index >= 15 is 0 Å². The minimum Gasteiger partial charge on any atom is -0.383 e. The van der Waals surface area contributed by atoms with Crippen molar-refractivity contribution in [1.29, 1.82) is 0 Å². The number of hydrogen-bond acceptors (Lipinski definition) is 5. The summed E-state index contributed by atoms with van der Waals surface area (Å²) in [5, 5.41) is 3.44. The zero-order chi connectivity index (χ0) is 14.6. The zero-order valence-corrected chi connectivity index (χ0v) is 13.0. The predicted octanol–water partition coefficient (Wildman–Crippen LogP) is 2.24. The topological polar surface area (TPSA) is 67.1 Å². The van der Waals surface area contributed by atoms with Gasteiger partial charge < -0.3 is 16.0 Å². The van der Waals surface area contributed by atoms with Gasteiger partial charge in [0.25, 0.3) is 0 Å². The fourth-order valence-electron chi connectivity index (χ4n) is 1.71. The Hall–Kier alpha value is -1.36. The molecule has 0 aromatic carbocycles. The number of rotatable bonds is 6. The minimum atomic E-state index is 0.278. The van der Waals surface area contributed by atoms with Gasteiger partial charge >= 0.3 is 0 Å². The van der Waals surface area contributed by atoms with Crippen molar-refractivity contribution >= 4 is 11.6 Å². The molecule has 1 rings (SSSR count). The van der Waals surface area contributed by atoms with Gasteiger partial charge in [0.15, 0.2) is 0 Å². The summed E-state index contributed by atoms with van der Waals surface area (Å²) in [6.07, 6.45) is 1.06. The van der Waals surface area contributed by atoms with E-state index in [9.17, 15) is 0 Å². The molecule has 5 heteroatoms. The Kier molecular flexibility index (Phi) is 5.54. The minimum absolute atomic E-state index is 0.278. The summed E-state index contributed by atoms with van der Waals surface area (Å²) in [6, 6.07) is 0.357. The van der Waals surface area contributed by atoms with E-state index in [-0.39, 0.29) is 5.92 Å². The Morgan fingerprint density at radius 2 is 1.84 bits per heavy atom. The van der Waals surface area contributed by atoms with Gasteiger partial charge in [0, 0.05) is 17.5 Å². The van der Waals surface area contributed by atoms with E-state index in [1.807, 2.05) is 6.92 Å². The molecule has 0 saturated heterocycles. The van der Waals surface area contributed by atoms with E-state index in [1.165, 1.54) is 0 Å².